The number of hydrogen-bond donors (Lipinski definition) is 2. The summed E-state index contributed by atoms with van der Waals surface area (Å²) in [6.07, 6.45) is 0. The van der Waals surface area contributed by atoms with Crippen molar-refractivity contribution in [3.63, 3.8) is 0 Å². The molecule has 0 saturated heterocycles. The van der Waals surface area contributed by atoms with E-state index in [1.54, 1.807) is 0 Å². The highest BCUT2D eigenvalue weighted by Crippen LogP contribution is 1.91. The Morgan fingerprint density at radius 3 is 2.45 bits per heavy atom. The van der Waals surface area contributed by atoms with Crippen LogP contribution < -0.4 is 5.32 Å². The number of rotatable bonds is 5. The lowest BCUT2D eigenvalue weighted by Crippen LogP contribution is -2.40. The number of carbonyl (C=O) groups is 1. The van der Waals surface area contributed by atoms with Gasteiger partial charge in [-0.15, -0.1) is 0 Å². The van der Waals surface area contributed by atoms with E-state index < -0.39 is 18.7 Å². The van der Waals surface area contributed by atoms with Gasteiger partial charge in [0.25, 0.3) is 0 Å². The van der Waals surface area contributed by atoms with Crippen molar-refractivity contribution in [3.8, 4) is 0 Å². The van der Waals surface area contributed by atoms with Gasteiger partial charge in [-0.2, -0.15) is 0 Å². The second kappa shape index (κ2) is 5.07. The Bertz CT molecular complexity index is 128. The Morgan fingerprint density at radius 1 is 1.64 bits per heavy atom. The summed E-state index contributed by atoms with van der Waals surface area (Å²) in [6, 6.07) is -1.04. The first-order valence-corrected chi connectivity index (χ1v) is 3.60. The van der Waals surface area contributed by atoms with Crippen LogP contribution in [0, 0.1) is 5.92 Å². The van der Waals surface area contributed by atoms with E-state index in [1.807, 2.05) is 13.8 Å². The van der Waals surface area contributed by atoms with Crippen LogP contribution in [-0.2, 0) is 4.79 Å². The molecule has 1 unspecified atom stereocenters. The van der Waals surface area contributed by atoms with Crippen LogP contribution in [0.1, 0.15) is 13.8 Å². The standard InChI is InChI=1S/C7H14FNO2/c1-5(2)4-9-6(3-8)7(10)11/h5-6,9H,3-4H2,1-2H3,(H,10,11). The molecule has 0 aromatic heterocycles. The molecule has 0 spiro atoms. The lowest BCUT2D eigenvalue weighted by Gasteiger charge is -2.11. The molecule has 0 fully saturated rings. The van der Waals surface area contributed by atoms with Gasteiger partial charge in [0.2, 0.25) is 0 Å². The molecule has 0 aromatic carbocycles. The Balaban J connectivity index is 3.61. The monoisotopic (exact) mass is 163 g/mol. The van der Waals surface area contributed by atoms with Crippen LogP contribution in [0.4, 0.5) is 4.39 Å². The zero-order valence-electron chi connectivity index (χ0n) is 6.80. The zero-order valence-corrected chi connectivity index (χ0v) is 6.80. The van der Waals surface area contributed by atoms with E-state index in [0.29, 0.717) is 12.5 Å². The molecule has 0 aromatic rings. The van der Waals surface area contributed by atoms with E-state index in [1.165, 1.54) is 0 Å². The summed E-state index contributed by atoms with van der Waals surface area (Å²) in [4.78, 5) is 10.2. The molecule has 0 rings (SSSR count). The molecule has 3 nitrogen and oxygen atoms in total. The van der Waals surface area contributed by atoms with Crippen LogP contribution in [0.5, 0.6) is 0 Å². The van der Waals surface area contributed by atoms with Gasteiger partial charge >= 0.3 is 5.97 Å². The van der Waals surface area contributed by atoms with Gasteiger partial charge in [0.05, 0.1) is 0 Å². The predicted octanol–water partition coefficient (Wildman–Crippen LogP) is 0.655. The van der Waals surface area contributed by atoms with Crippen LogP contribution in [0.15, 0.2) is 0 Å². The van der Waals surface area contributed by atoms with Crippen molar-refractivity contribution in [2.75, 3.05) is 13.2 Å². The molecule has 0 aliphatic rings. The van der Waals surface area contributed by atoms with Crippen molar-refractivity contribution in [1.29, 1.82) is 0 Å². The Labute approximate surface area is 65.6 Å². The van der Waals surface area contributed by atoms with Gasteiger partial charge in [0.15, 0.2) is 0 Å². The lowest BCUT2D eigenvalue weighted by atomic mass is 10.2. The highest BCUT2D eigenvalue weighted by atomic mass is 19.1. The minimum Gasteiger partial charge on any atom is -0.480 e. The van der Waals surface area contributed by atoms with Gasteiger partial charge in [-0.1, -0.05) is 13.8 Å². The van der Waals surface area contributed by atoms with E-state index in [2.05, 4.69) is 5.32 Å². The fourth-order valence-corrected chi connectivity index (χ4v) is 0.586. The van der Waals surface area contributed by atoms with Gasteiger partial charge in [0.1, 0.15) is 12.7 Å². The number of alkyl halides is 1. The second-order valence-electron chi connectivity index (χ2n) is 2.85. The number of hydrogen-bond acceptors (Lipinski definition) is 2. The summed E-state index contributed by atoms with van der Waals surface area (Å²) in [6.45, 7) is 3.54. The Morgan fingerprint density at radius 2 is 2.18 bits per heavy atom. The number of aliphatic carboxylic acids is 1. The number of carboxylic acids is 1. The fraction of sp³-hybridized carbons (Fsp3) is 0.857. The van der Waals surface area contributed by atoms with Crippen molar-refractivity contribution in [3.05, 3.63) is 0 Å². The van der Waals surface area contributed by atoms with Crippen molar-refractivity contribution < 1.29 is 14.3 Å². The minimum absolute atomic E-state index is 0.336. The van der Waals surface area contributed by atoms with Crippen molar-refractivity contribution >= 4 is 5.97 Å². The molecule has 0 aliphatic carbocycles. The SMILES string of the molecule is CC(C)CNC(CF)C(=O)O. The Hall–Kier alpha value is -0.640. The summed E-state index contributed by atoms with van der Waals surface area (Å²) in [5.74, 6) is -0.795. The van der Waals surface area contributed by atoms with Gasteiger partial charge in [-0.3, -0.25) is 4.79 Å². The first kappa shape index (κ1) is 10.4. The molecule has 0 aliphatic heterocycles. The van der Waals surface area contributed by atoms with Crippen LogP contribution in [-0.4, -0.2) is 30.3 Å². The molecule has 0 saturated carbocycles. The molecule has 0 heterocycles. The topological polar surface area (TPSA) is 49.3 Å². The molecule has 1 atom stereocenters. The average Bonchev–Trinajstić information content (AvgIpc) is 1.87. The van der Waals surface area contributed by atoms with E-state index in [-0.39, 0.29) is 0 Å². The minimum atomic E-state index is -1.13. The molecular formula is C7H14FNO2. The van der Waals surface area contributed by atoms with Crippen LogP contribution in [0.25, 0.3) is 0 Å². The third-order valence-corrected chi connectivity index (χ3v) is 1.22. The van der Waals surface area contributed by atoms with Gasteiger partial charge in [-0.05, 0) is 12.5 Å². The van der Waals surface area contributed by atoms with Crippen LogP contribution in [0.3, 0.4) is 0 Å². The van der Waals surface area contributed by atoms with Crippen molar-refractivity contribution in [2.24, 2.45) is 5.92 Å². The van der Waals surface area contributed by atoms with Crippen LogP contribution >= 0.6 is 0 Å². The fourth-order valence-electron chi connectivity index (χ4n) is 0.586. The average molecular weight is 163 g/mol. The molecule has 66 valence electrons. The third-order valence-electron chi connectivity index (χ3n) is 1.22. The van der Waals surface area contributed by atoms with Gasteiger partial charge in [-0.25, -0.2) is 4.39 Å². The first-order chi connectivity index (χ1) is 5.07. The quantitative estimate of drug-likeness (QED) is 0.625. The predicted molar refractivity (Wildman–Crippen MR) is 40.2 cm³/mol. The van der Waals surface area contributed by atoms with Gasteiger partial charge in [0, 0.05) is 0 Å². The van der Waals surface area contributed by atoms with E-state index in [0.717, 1.165) is 0 Å². The number of carboxylic acid groups (broad SMARTS) is 1. The van der Waals surface area contributed by atoms with Crippen LogP contribution in [0.2, 0.25) is 0 Å². The molecule has 0 bridgehead atoms. The molecule has 0 amide bonds. The highest BCUT2D eigenvalue weighted by molar-refractivity contribution is 5.73. The molecular weight excluding hydrogens is 149 g/mol. The van der Waals surface area contributed by atoms with E-state index in [9.17, 15) is 9.18 Å². The summed E-state index contributed by atoms with van der Waals surface area (Å²) in [5.41, 5.74) is 0. The summed E-state index contributed by atoms with van der Waals surface area (Å²) >= 11 is 0. The summed E-state index contributed by atoms with van der Waals surface area (Å²) in [7, 11) is 0. The zero-order chi connectivity index (χ0) is 8.85. The number of nitrogens with one attached hydrogen (secondary N) is 1. The maximum Gasteiger partial charge on any atom is 0.323 e. The number of halogens is 1. The third kappa shape index (κ3) is 4.72. The maximum absolute atomic E-state index is 11.9. The summed E-state index contributed by atoms with van der Waals surface area (Å²) < 4.78 is 11.9. The highest BCUT2D eigenvalue weighted by Gasteiger charge is 2.15. The van der Waals surface area contributed by atoms with Gasteiger partial charge < -0.3 is 10.4 Å². The van der Waals surface area contributed by atoms with E-state index >= 15 is 0 Å². The van der Waals surface area contributed by atoms with Crippen molar-refractivity contribution in [1.82, 2.24) is 5.32 Å². The molecule has 11 heavy (non-hydrogen) atoms. The second-order valence-corrected chi connectivity index (χ2v) is 2.85. The molecule has 4 heteroatoms. The molecule has 2 N–H and O–H groups in total. The smallest absolute Gasteiger partial charge is 0.323 e. The normalized spacial score (nSPS) is 13.5. The Kier molecular flexibility index (Phi) is 4.77. The van der Waals surface area contributed by atoms with Crippen molar-refractivity contribution in [2.45, 2.75) is 19.9 Å². The van der Waals surface area contributed by atoms with E-state index in [4.69, 9.17) is 5.11 Å². The summed E-state index contributed by atoms with van der Waals surface area (Å²) in [5, 5.41) is 11.0. The maximum atomic E-state index is 11.9. The first-order valence-electron chi connectivity index (χ1n) is 3.60. The largest absolute Gasteiger partial charge is 0.480 e. The molecule has 0 radical (unpaired) electrons. The lowest BCUT2D eigenvalue weighted by molar-refractivity contribution is -0.139.